The Bertz CT molecular complexity index is 1040. The maximum absolute atomic E-state index is 11.9. The molecule has 1 amide bonds. The molecule has 0 unspecified atom stereocenters. The number of amides is 1. The third kappa shape index (κ3) is 2.93. The van der Waals surface area contributed by atoms with E-state index in [0.29, 0.717) is 29.1 Å². The Kier molecular flexibility index (Phi) is 3.83. The molecule has 27 heavy (non-hydrogen) atoms. The first kappa shape index (κ1) is 16.0. The van der Waals surface area contributed by atoms with Gasteiger partial charge in [-0.15, -0.1) is 10.2 Å². The molecule has 0 bridgehead atoms. The largest absolute Gasteiger partial charge is 0.369 e. The fourth-order valence-corrected chi connectivity index (χ4v) is 3.60. The van der Waals surface area contributed by atoms with Gasteiger partial charge < -0.3 is 4.90 Å². The van der Waals surface area contributed by atoms with Crippen molar-refractivity contribution in [3.05, 3.63) is 54.1 Å². The zero-order valence-electron chi connectivity index (χ0n) is 14.6. The number of hydrogen-bond donors (Lipinski definition) is 0. The van der Waals surface area contributed by atoms with E-state index in [1.54, 1.807) is 6.07 Å². The molecule has 1 aromatic carbocycles. The van der Waals surface area contributed by atoms with Gasteiger partial charge in [-0.05, 0) is 24.3 Å². The number of nitrogens with zero attached hydrogens (tertiary/aromatic N) is 7. The van der Waals surface area contributed by atoms with Crippen LogP contribution in [0.3, 0.4) is 0 Å². The van der Waals surface area contributed by atoms with E-state index in [4.69, 9.17) is 0 Å². The van der Waals surface area contributed by atoms with Crippen molar-refractivity contribution in [2.24, 2.45) is 10.2 Å². The van der Waals surface area contributed by atoms with Crippen LogP contribution < -0.4 is 4.90 Å². The minimum Gasteiger partial charge on any atom is -0.369 e. The second-order valence-electron chi connectivity index (χ2n) is 6.64. The van der Waals surface area contributed by atoms with Gasteiger partial charge in [-0.2, -0.15) is 0 Å². The number of anilines is 1. The number of carbonyl (C=O) groups is 1. The molecule has 0 N–H and O–H groups in total. The van der Waals surface area contributed by atoms with Crippen LogP contribution in [0.5, 0.6) is 0 Å². The molecule has 5 rings (SSSR count). The van der Waals surface area contributed by atoms with Crippen molar-refractivity contribution in [3.63, 3.8) is 0 Å². The van der Waals surface area contributed by atoms with Gasteiger partial charge in [0.2, 0.25) is 0 Å². The summed E-state index contributed by atoms with van der Waals surface area (Å²) in [6.45, 7) is 4.41. The Labute approximate surface area is 155 Å². The van der Waals surface area contributed by atoms with Crippen LogP contribution in [0.15, 0.2) is 53.0 Å². The molecule has 2 aliphatic rings. The van der Waals surface area contributed by atoms with Gasteiger partial charge in [0.25, 0.3) is 5.91 Å². The fourth-order valence-electron chi connectivity index (χ4n) is 3.60. The molecule has 8 heteroatoms. The van der Waals surface area contributed by atoms with Crippen molar-refractivity contribution in [1.82, 2.24) is 19.9 Å². The predicted molar refractivity (Wildman–Crippen MR) is 100 cm³/mol. The number of aromatic nitrogens is 3. The summed E-state index contributed by atoms with van der Waals surface area (Å²) < 4.78 is 0. The maximum atomic E-state index is 11.9. The highest BCUT2D eigenvalue weighted by Crippen LogP contribution is 2.31. The van der Waals surface area contributed by atoms with Crippen LogP contribution in [0.25, 0.3) is 10.9 Å². The van der Waals surface area contributed by atoms with Gasteiger partial charge >= 0.3 is 0 Å². The lowest BCUT2D eigenvalue weighted by Gasteiger charge is -2.35. The third-order valence-corrected chi connectivity index (χ3v) is 4.98. The normalized spacial score (nSPS) is 16.9. The van der Waals surface area contributed by atoms with E-state index < -0.39 is 0 Å². The topological polar surface area (TPSA) is 86.9 Å². The molecule has 2 aliphatic heterocycles. The summed E-state index contributed by atoms with van der Waals surface area (Å²) in [5, 5.41) is 8.39. The van der Waals surface area contributed by atoms with Crippen LogP contribution in [0.1, 0.15) is 16.2 Å². The van der Waals surface area contributed by atoms with Gasteiger partial charge in [0.15, 0.2) is 5.82 Å². The van der Waals surface area contributed by atoms with Crippen molar-refractivity contribution < 1.29 is 4.79 Å². The summed E-state index contributed by atoms with van der Waals surface area (Å²) in [4.78, 5) is 29.9. The quantitative estimate of drug-likeness (QED) is 0.714. The lowest BCUT2D eigenvalue weighted by molar-refractivity contribution is 0.0995. The molecule has 0 spiro atoms. The molecule has 2 aromatic heterocycles. The molecule has 1 fully saturated rings. The Balaban J connectivity index is 1.35. The maximum Gasteiger partial charge on any atom is 0.296 e. The van der Waals surface area contributed by atoms with Gasteiger partial charge in [-0.1, -0.05) is 6.07 Å². The van der Waals surface area contributed by atoms with Crippen molar-refractivity contribution in [2.75, 3.05) is 31.1 Å². The Morgan fingerprint density at radius 1 is 0.926 bits per heavy atom. The van der Waals surface area contributed by atoms with E-state index in [1.807, 2.05) is 36.7 Å². The average Bonchev–Trinajstić information content (AvgIpc) is 2.72. The second-order valence-corrected chi connectivity index (χ2v) is 6.64. The molecular weight excluding hydrogens is 342 g/mol. The smallest absolute Gasteiger partial charge is 0.296 e. The van der Waals surface area contributed by atoms with Crippen LogP contribution in [0.4, 0.5) is 11.5 Å². The minimum absolute atomic E-state index is 0.336. The third-order valence-electron chi connectivity index (χ3n) is 4.98. The predicted octanol–water partition coefficient (Wildman–Crippen LogP) is 2.58. The van der Waals surface area contributed by atoms with E-state index >= 15 is 0 Å². The summed E-state index contributed by atoms with van der Waals surface area (Å²) in [7, 11) is 0. The van der Waals surface area contributed by atoms with Gasteiger partial charge in [-0.3, -0.25) is 14.7 Å². The molecule has 1 saturated heterocycles. The van der Waals surface area contributed by atoms with Crippen LogP contribution in [-0.4, -0.2) is 51.9 Å². The summed E-state index contributed by atoms with van der Waals surface area (Å²) in [5.74, 6) is 0.859. The summed E-state index contributed by atoms with van der Waals surface area (Å²) in [5.41, 5.74) is 2.47. The Morgan fingerprint density at radius 2 is 1.74 bits per heavy atom. The standard InChI is InChI=1S/C19H17N7O/c27-19-14-2-1-3-15-17(14)18(23-24-19)22-16(21-15)12-25-8-10-26(11-9-25)13-4-6-20-7-5-13/h1-7H,8-12H2. The molecule has 0 aliphatic carbocycles. The van der Waals surface area contributed by atoms with Crippen LogP contribution >= 0.6 is 0 Å². The lowest BCUT2D eigenvalue weighted by atomic mass is 10.1. The second kappa shape index (κ2) is 6.48. The number of rotatable bonds is 3. The zero-order valence-corrected chi connectivity index (χ0v) is 14.6. The van der Waals surface area contributed by atoms with E-state index in [2.05, 4.69) is 35.0 Å². The van der Waals surface area contributed by atoms with Crippen LogP contribution in [0, 0.1) is 0 Å². The van der Waals surface area contributed by atoms with E-state index in [0.717, 1.165) is 31.7 Å². The Hall–Kier alpha value is -3.26. The first-order valence-electron chi connectivity index (χ1n) is 8.91. The van der Waals surface area contributed by atoms with Gasteiger partial charge in [-0.25, -0.2) is 9.97 Å². The lowest BCUT2D eigenvalue weighted by Crippen LogP contribution is -2.46. The van der Waals surface area contributed by atoms with Gasteiger partial charge in [0, 0.05) is 44.3 Å². The Morgan fingerprint density at radius 3 is 2.56 bits per heavy atom. The molecule has 134 valence electrons. The molecule has 3 aromatic rings. The average molecular weight is 359 g/mol. The fraction of sp³-hybridized carbons (Fsp3) is 0.263. The van der Waals surface area contributed by atoms with Crippen LogP contribution in [-0.2, 0) is 6.54 Å². The van der Waals surface area contributed by atoms with Crippen molar-refractivity contribution in [2.45, 2.75) is 6.54 Å². The van der Waals surface area contributed by atoms with Crippen LogP contribution in [0.2, 0.25) is 0 Å². The minimum atomic E-state index is -0.336. The van der Waals surface area contributed by atoms with Gasteiger partial charge in [0.1, 0.15) is 5.82 Å². The summed E-state index contributed by atoms with van der Waals surface area (Å²) >= 11 is 0. The number of benzene rings is 1. The number of carbonyl (C=O) groups excluding carboxylic acids is 1. The van der Waals surface area contributed by atoms with E-state index in [1.165, 1.54) is 5.69 Å². The molecule has 4 heterocycles. The van der Waals surface area contributed by atoms with Crippen molar-refractivity contribution in [3.8, 4) is 0 Å². The van der Waals surface area contributed by atoms with E-state index in [-0.39, 0.29) is 5.91 Å². The molecular formula is C19H17N7O. The first-order valence-corrected chi connectivity index (χ1v) is 8.91. The highest BCUT2D eigenvalue weighted by Gasteiger charge is 2.22. The highest BCUT2D eigenvalue weighted by molar-refractivity contribution is 6.11. The summed E-state index contributed by atoms with van der Waals surface area (Å²) in [6.07, 6.45) is 3.65. The van der Waals surface area contributed by atoms with Gasteiger partial charge in [0.05, 0.1) is 23.0 Å². The van der Waals surface area contributed by atoms with E-state index in [9.17, 15) is 4.79 Å². The number of piperazine rings is 1. The van der Waals surface area contributed by atoms with Crippen molar-refractivity contribution >= 4 is 28.3 Å². The SMILES string of the molecule is O=C1N=Nc2nc(CN3CCN(c4ccncc4)CC3)nc3cccc1c23. The molecule has 0 radical (unpaired) electrons. The van der Waals surface area contributed by atoms with Crippen molar-refractivity contribution in [1.29, 1.82) is 0 Å². The monoisotopic (exact) mass is 359 g/mol. The highest BCUT2D eigenvalue weighted by atomic mass is 16.1. The molecule has 8 nitrogen and oxygen atoms in total. The number of azo groups is 1. The zero-order chi connectivity index (χ0) is 18.2. The summed E-state index contributed by atoms with van der Waals surface area (Å²) in [6, 6.07) is 9.54. The molecule has 0 saturated carbocycles. The molecule has 0 atom stereocenters. The first-order chi connectivity index (χ1) is 13.3. The number of hydrogen-bond acceptors (Lipinski definition) is 7. The number of pyridine rings is 1.